The molecular weight excluding hydrogens is 394 g/mol. The van der Waals surface area contributed by atoms with Gasteiger partial charge in [0.1, 0.15) is 4.83 Å². The lowest BCUT2D eigenvalue weighted by Crippen LogP contribution is -2.07. The lowest BCUT2D eigenvalue weighted by molar-refractivity contribution is 0.0991. The van der Waals surface area contributed by atoms with Gasteiger partial charge in [-0.3, -0.25) is 9.78 Å². The molecule has 0 spiro atoms. The predicted molar refractivity (Wildman–Crippen MR) is 95.6 cm³/mol. The molecule has 4 heteroatoms. The Morgan fingerprint density at radius 3 is 2.33 bits per heavy atom. The summed E-state index contributed by atoms with van der Waals surface area (Å²) in [5, 5.41) is 0. The lowest BCUT2D eigenvalue weighted by atomic mass is 10.0. The molecule has 0 aliphatic heterocycles. The molecule has 2 rings (SSSR count). The zero-order chi connectivity index (χ0) is 14.4. The van der Waals surface area contributed by atoms with Gasteiger partial charge in [-0.15, -0.1) is 17.0 Å². The molecule has 0 fully saturated rings. The number of halogens is 2. The minimum atomic E-state index is -0.313. The summed E-state index contributed by atoms with van der Waals surface area (Å²) in [6.45, 7) is 2.18. The maximum Gasteiger partial charge on any atom is 0.180 e. The first-order valence-electron chi connectivity index (χ1n) is 6.89. The van der Waals surface area contributed by atoms with Crippen molar-refractivity contribution in [3.63, 3.8) is 0 Å². The summed E-state index contributed by atoms with van der Waals surface area (Å²) in [4.78, 5) is 16.1. The molecule has 0 aliphatic carbocycles. The molecule has 0 bridgehead atoms. The van der Waals surface area contributed by atoms with Crippen LogP contribution in [0.2, 0.25) is 0 Å². The summed E-state index contributed by atoms with van der Waals surface area (Å²) in [5.74, 6) is 0.0817. The second kappa shape index (κ2) is 9.11. The first-order valence-corrected chi connectivity index (χ1v) is 7.81. The lowest BCUT2D eigenvalue weighted by Gasteiger charge is -2.09. The minimum Gasteiger partial charge on any atom is -0.293 e. The van der Waals surface area contributed by atoms with E-state index in [2.05, 4.69) is 40.0 Å². The van der Waals surface area contributed by atoms with Gasteiger partial charge >= 0.3 is 0 Å². The van der Waals surface area contributed by atoms with Gasteiger partial charge in [-0.25, -0.2) is 0 Å². The summed E-state index contributed by atoms with van der Waals surface area (Å²) in [6.07, 6.45) is 6.85. The number of carbonyl (C=O) groups is 1. The molecule has 0 radical (unpaired) electrons. The van der Waals surface area contributed by atoms with Crippen molar-refractivity contribution in [1.29, 1.82) is 0 Å². The van der Waals surface area contributed by atoms with Crippen molar-refractivity contribution in [1.82, 2.24) is 4.98 Å². The Bertz CT molecular complexity index is 555. The number of Topliss-reactive ketones (excluding diaryl/α,β-unsaturated/α-hetero) is 1. The number of aryl methyl sites for hydroxylation is 1. The highest BCUT2D eigenvalue weighted by atomic mass is 79.9. The smallest absolute Gasteiger partial charge is 0.180 e. The number of pyridine rings is 1. The topological polar surface area (TPSA) is 30.0 Å². The van der Waals surface area contributed by atoms with Gasteiger partial charge in [-0.05, 0) is 36.1 Å². The van der Waals surface area contributed by atoms with E-state index in [1.807, 2.05) is 24.3 Å². The third-order valence-corrected chi connectivity index (χ3v) is 4.23. The van der Waals surface area contributed by atoms with Crippen molar-refractivity contribution in [3.8, 4) is 0 Å². The number of hydrogen-bond donors (Lipinski definition) is 0. The number of nitrogens with zero attached hydrogens (tertiary/aromatic N) is 1. The van der Waals surface area contributed by atoms with E-state index in [9.17, 15) is 4.79 Å². The summed E-state index contributed by atoms with van der Waals surface area (Å²) in [5.41, 5.74) is 2.96. The first-order chi connectivity index (χ1) is 9.72. The van der Waals surface area contributed by atoms with Crippen LogP contribution < -0.4 is 0 Å². The van der Waals surface area contributed by atoms with Crippen molar-refractivity contribution < 1.29 is 4.79 Å². The van der Waals surface area contributed by atoms with Gasteiger partial charge in [0.05, 0.1) is 0 Å². The largest absolute Gasteiger partial charge is 0.293 e. The quantitative estimate of drug-likeness (QED) is 0.474. The van der Waals surface area contributed by atoms with Crippen molar-refractivity contribution in [3.05, 3.63) is 65.5 Å². The monoisotopic (exact) mass is 411 g/mol. The molecule has 1 unspecified atom stereocenters. The molecule has 0 saturated heterocycles. The Hall–Kier alpha value is -1.00. The average molecular weight is 413 g/mol. The molecule has 1 aromatic heterocycles. The van der Waals surface area contributed by atoms with Crippen LogP contribution in [0.5, 0.6) is 0 Å². The fourth-order valence-electron chi connectivity index (χ4n) is 2.05. The summed E-state index contributed by atoms with van der Waals surface area (Å²) in [7, 11) is 0. The molecule has 0 aliphatic rings. The second-order valence-electron chi connectivity index (χ2n) is 4.81. The number of aromatic nitrogens is 1. The van der Waals surface area contributed by atoms with E-state index in [4.69, 9.17) is 0 Å². The van der Waals surface area contributed by atoms with E-state index in [1.54, 1.807) is 12.4 Å². The maximum atomic E-state index is 12.4. The Morgan fingerprint density at radius 1 is 1.14 bits per heavy atom. The van der Waals surface area contributed by atoms with Gasteiger partial charge in [0.25, 0.3) is 0 Å². The number of alkyl halides is 1. The normalized spacial score (nSPS) is 11.5. The summed E-state index contributed by atoms with van der Waals surface area (Å²) >= 11 is 3.47. The number of unbranched alkanes of at least 4 members (excludes halogenated alkanes) is 1. The number of benzene rings is 1. The third kappa shape index (κ3) is 5.04. The molecule has 1 atom stereocenters. The van der Waals surface area contributed by atoms with Gasteiger partial charge in [-0.2, -0.15) is 0 Å². The van der Waals surface area contributed by atoms with E-state index in [0.717, 1.165) is 17.5 Å². The van der Waals surface area contributed by atoms with Crippen LogP contribution in [-0.2, 0) is 6.42 Å². The third-order valence-electron chi connectivity index (χ3n) is 3.29. The molecular formula is C17H19Br2NO. The van der Waals surface area contributed by atoms with Crippen molar-refractivity contribution in [2.24, 2.45) is 0 Å². The van der Waals surface area contributed by atoms with Gasteiger partial charge in [0, 0.05) is 18.0 Å². The molecule has 21 heavy (non-hydrogen) atoms. The Morgan fingerprint density at radius 2 is 1.76 bits per heavy atom. The van der Waals surface area contributed by atoms with Crippen LogP contribution >= 0.6 is 32.9 Å². The zero-order valence-corrected chi connectivity index (χ0v) is 15.3. The molecule has 2 aromatic rings. The van der Waals surface area contributed by atoms with Crippen molar-refractivity contribution in [2.45, 2.75) is 31.0 Å². The number of rotatable bonds is 6. The van der Waals surface area contributed by atoms with Crippen LogP contribution in [0.25, 0.3) is 0 Å². The number of ketones is 1. The Labute approximate surface area is 144 Å². The highest BCUT2D eigenvalue weighted by Crippen LogP contribution is 2.26. The fraction of sp³-hybridized carbons (Fsp3) is 0.294. The highest BCUT2D eigenvalue weighted by Gasteiger charge is 2.18. The molecule has 0 N–H and O–H groups in total. The van der Waals surface area contributed by atoms with Crippen LogP contribution in [0.4, 0.5) is 0 Å². The molecule has 0 saturated carbocycles. The highest BCUT2D eigenvalue weighted by molar-refractivity contribution is 9.09. The minimum absolute atomic E-state index is 0. The predicted octanol–water partition coefficient (Wildman–Crippen LogP) is 5.32. The Kier molecular flexibility index (Phi) is 7.83. The van der Waals surface area contributed by atoms with Crippen molar-refractivity contribution >= 4 is 38.7 Å². The number of hydrogen-bond acceptors (Lipinski definition) is 2. The van der Waals surface area contributed by atoms with E-state index in [0.29, 0.717) is 0 Å². The number of carbonyl (C=O) groups excluding carboxylic acids is 1. The van der Waals surface area contributed by atoms with E-state index >= 15 is 0 Å². The van der Waals surface area contributed by atoms with Gasteiger partial charge in [-0.1, -0.05) is 53.5 Å². The molecule has 1 aromatic carbocycles. The van der Waals surface area contributed by atoms with Gasteiger partial charge in [0.2, 0.25) is 0 Å². The first kappa shape index (κ1) is 18.1. The average Bonchev–Trinajstić information content (AvgIpc) is 2.53. The van der Waals surface area contributed by atoms with E-state index in [-0.39, 0.29) is 27.6 Å². The van der Waals surface area contributed by atoms with Gasteiger partial charge < -0.3 is 0 Å². The molecule has 1 heterocycles. The van der Waals surface area contributed by atoms with Crippen LogP contribution in [0.15, 0.2) is 48.8 Å². The second-order valence-corrected chi connectivity index (χ2v) is 5.72. The standard InChI is InChI=1S/C17H18BrNO.BrH/c1-2-3-4-13-5-7-15(8-6-13)17(20)16(18)14-9-11-19-12-10-14;/h5-12,16H,2-4H2,1H3;1H. The molecule has 0 amide bonds. The summed E-state index contributed by atoms with van der Waals surface area (Å²) in [6, 6.07) is 11.6. The van der Waals surface area contributed by atoms with E-state index < -0.39 is 0 Å². The van der Waals surface area contributed by atoms with Crippen LogP contribution in [0.1, 0.15) is 46.1 Å². The van der Waals surface area contributed by atoms with Crippen LogP contribution in [-0.4, -0.2) is 10.8 Å². The molecule has 2 nitrogen and oxygen atoms in total. The van der Waals surface area contributed by atoms with Crippen LogP contribution in [0, 0.1) is 0 Å². The summed E-state index contributed by atoms with van der Waals surface area (Å²) < 4.78 is 0. The molecule has 112 valence electrons. The maximum absolute atomic E-state index is 12.4. The van der Waals surface area contributed by atoms with Crippen LogP contribution in [0.3, 0.4) is 0 Å². The Balaban J connectivity index is 0.00000220. The fourth-order valence-corrected chi connectivity index (χ4v) is 2.62. The van der Waals surface area contributed by atoms with E-state index in [1.165, 1.54) is 18.4 Å². The zero-order valence-electron chi connectivity index (χ0n) is 12.0. The van der Waals surface area contributed by atoms with Crippen molar-refractivity contribution in [2.75, 3.05) is 0 Å². The van der Waals surface area contributed by atoms with Gasteiger partial charge in [0.15, 0.2) is 5.78 Å². The SMILES string of the molecule is Br.CCCCc1ccc(C(=O)C(Br)c2ccncc2)cc1.